The van der Waals surface area contributed by atoms with E-state index in [9.17, 15) is 9.59 Å². The molecule has 1 heterocycles. The third-order valence-corrected chi connectivity index (χ3v) is 4.92. The first kappa shape index (κ1) is 15.8. The number of hydrogen-bond donors (Lipinski definition) is 3. The molecule has 5 nitrogen and oxygen atoms in total. The number of carboxylic acids is 1. The summed E-state index contributed by atoms with van der Waals surface area (Å²) in [6.07, 6.45) is 4.07. The molecule has 0 aliphatic heterocycles. The molecule has 2 amide bonds. The van der Waals surface area contributed by atoms with Crippen molar-refractivity contribution >= 4 is 23.3 Å². The molecule has 1 aliphatic rings. The Balaban J connectivity index is 1.56. The predicted molar refractivity (Wildman–Crippen MR) is 82.5 cm³/mol. The Kier molecular flexibility index (Phi) is 6.04. The summed E-state index contributed by atoms with van der Waals surface area (Å²) in [6.45, 7) is 1.27. The molecule has 0 unspecified atom stereocenters. The maximum absolute atomic E-state index is 11.7. The molecule has 1 aliphatic carbocycles. The van der Waals surface area contributed by atoms with Crippen molar-refractivity contribution in [2.75, 3.05) is 13.1 Å². The van der Waals surface area contributed by atoms with Gasteiger partial charge < -0.3 is 15.7 Å². The van der Waals surface area contributed by atoms with E-state index in [-0.39, 0.29) is 11.9 Å². The first-order chi connectivity index (χ1) is 10.1. The number of hydrogen-bond acceptors (Lipinski definition) is 3. The second kappa shape index (κ2) is 8.02. The molecule has 0 atom stereocenters. The number of amides is 2. The van der Waals surface area contributed by atoms with E-state index in [0.717, 1.165) is 32.1 Å². The van der Waals surface area contributed by atoms with Crippen LogP contribution in [0.5, 0.6) is 0 Å². The van der Waals surface area contributed by atoms with Gasteiger partial charge in [-0.1, -0.05) is 6.07 Å². The SMILES string of the molecule is O=C(NCCc1cccs1)NCC1CCC(C(=O)O)CC1. The predicted octanol–water partition coefficient (Wildman–Crippen LogP) is 2.48. The van der Waals surface area contributed by atoms with Gasteiger partial charge >= 0.3 is 12.0 Å². The quantitative estimate of drug-likeness (QED) is 0.755. The van der Waals surface area contributed by atoms with Crippen molar-refractivity contribution in [3.63, 3.8) is 0 Å². The second-order valence-electron chi connectivity index (χ2n) is 5.52. The third-order valence-electron chi connectivity index (χ3n) is 3.98. The molecule has 21 heavy (non-hydrogen) atoms. The van der Waals surface area contributed by atoms with E-state index in [4.69, 9.17) is 5.11 Å². The molecule has 1 aromatic rings. The minimum Gasteiger partial charge on any atom is -0.481 e. The molecular weight excluding hydrogens is 288 g/mol. The van der Waals surface area contributed by atoms with Crippen molar-refractivity contribution in [1.82, 2.24) is 10.6 Å². The number of urea groups is 1. The Morgan fingerprint density at radius 1 is 1.24 bits per heavy atom. The zero-order valence-electron chi connectivity index (χ0n) is 12.0. The first-order valence-corrected chi connectivity index (χ1v) is 8.30. The van der Waals surface area contributed by atoms with Crippen LogP contribution in [0.15, 0.2) is 17.5 Å². The standard InChI is InChI=1S/C15H22N2O3S/c18-14(19)12-5-3-11(4-6-12)10-17-15(20)16-8-7-13-2-1-9-21-13/h1-2,9,11-12H,3-8,10H2,(H,18,19)(H2,16,17,20). The molecule has 1 fully saturated rings. The summed E-state index contributed by atoms with van der Waals surface area (Å²) >= 11 is 1.69. The number of carboxylic acid groups (broad SMARTS) is 1. The van der Waals surface area contributed by atoms with Crippen LogP contribution in [0, 0.1) is 11.8 Å². The second-order valence-corrected chi connectivity index (χ2v) is 6.55. The van der Waals surface area contributed by atoms with Gasteiger partial charge in [0.2, 0.25) is 0 Å². The number of carbonyl (C=O) groups is 2. The van der Waals surface area contributed by atoms with Gasteiger partial charge in [0, 0.05) is 18.0 Å². The number of nitrogens with one attached hydrogen (secondary N) is 2. The van der Waals surface area contributed by atoms with Crippen LogP contribution >= 0.6 is 11.3 Å². The van der Waals surface area contributed by atoms with Crippen LogP contribution in [-0.2, 0) is 11.2 Å². The van der Waals surface area contributed by atoms with Crippen molar-refractivity contribution in [2.24, 2.45) is 11.8 Å². The molecule has 0 spiro atoms. The van der Waals surface area contributed by atoms with Crippen LogP contribution < -0.4 is 10.6 Å². The minimum atomic E-state index is -0.687. The van der Waals surface area contributed by atoms with E-state index >= 15 is 0 Å². The van der Waals surface area contributed by atoms with Crippen LogP contribution in [0.3, 0.4) is 0 Å². The summed E-state index contributed by atoms with van der Waals surface area (Å²) in [4.78, 5) is 23.8. The first-order valence-electron chi connectivity index (χ1n) is 7.42. The van der Waals surface area contributed by atoms with Crippen LogP contribution in [0.2, 0.25) is 0 Å². The third kappa shape index (κ3) is 5.38. The highest BCUT2D eigenvalue weighted by atomic mass is 32.1. The number of rotatable bonds is 6. The summed E-state index contributed by atoms with van der Waals surface area (Å²) in [5.41, 5.74) is 0. The zero-order chi connectivity index (χ0) is 15.1. The van der Waals surface area contributed by atoms with Gasteiger partial charge in [0.1, 0.15) is 0 Å². The largest absolute Gasteiger partial charge is 0.481 e. The zero-order valence-corrected chi connectivity index (χ0v) is 12.8. The summed E-state index contributed by atoms with van der Waals surface area (Å²) in [5.74, 6) is -0.475. The molecule has 3 N–H and O–H groups in total. The molecule has 1 saturated carbocycles. The number of thiophene rings is 1. The Morgan fingerprint density at radius 2 is 2.00 bits per heavy atom. The average Bonchev–Trinajstić information content (AvgIpc) is 2.99. The van der Waals surface area contributed by atoms with E-state index in [0.29, 0.717) is 19.0 Å². The molecule has 0 aromatic carbocycles. The fourth-order valence-corrected chi connectivity index (χ4v) is 3.38. The van der Waals surface area contributed by atoms with Crippen molar-refractivity contribution in [3.05, 3.63) is 22.4 Å². The van der Waals surface area contributed by atoms with Crippen LogP contribution in [0.25, 0.3) is 0 Å². The van der Waals surface area contributed by atoms with Crippen molar-refractivity contribution in [2.45, 2.75) is 32.1 Å². The fraction of sp³-hybridized carbons (Fsp3) is 0.600. The highest BCUT2D eigenvalue weighted by Crippen LogP contribution is 2.28. The van der Waals surface area contributed by atoms with Gasteiger partial charge in [0.05, 0.1) is 5.92 Å². The van der Waals surface area contributed by atoms with E-state index in [2.05, 4.69) is 16.7 Å². The number of aliphatic carboxylic acids is 1. The van der Waals surface area contributed by atoms with Crippen molar-refractivity contribution in [3.8, 4) is 0 Å². The highest BCUT2D eigenvalue weighted by molar-refractivity contribution is 7.09. The Morgan fingerprint density at radius 3 is 2.62 bits per heavy atom. The number of carbonyl (C=O) groups excluding carboxylic acids is 1. The summed E-state index contributed by atoms with van der Waals surface area (Å²) in [7, 11) is 0. The highest BCUT2D eigenvalue weighted by Gasteiger charge is 2.25. The van der Waals surface area contributed by atoms with E-state index in [1.54, 1.807) is 11.3 Å². The Hall–Kier alpha value is -1.56. The molecule has 0 bridgehead atoms. The van der Waals surface area contributed by atoms with E-state index in [1.807, 2.05) is 11.4 Å². The van der Waals surface area contributed by atoms with Crippen LogP contribution in [-0.4, -0.2) is 30.2 Å². The van der Waals surface area contributed by atoms with Gasteiger partial charge in [-0.2, -0.15) is 0 Å². The molecule has 1 aromatic heterocycles. The van der Waals surface area contributed by atoms with Gasteiger partial charge in [-0.15, -0.1) is 11.3 Å². The van der Waals surface area contributed by atoms with Gasteiger partial charge in [-0.25, -0.2) is 4.79 Å². The Labute approximate surface area is 128 Å². The Bertz CT molecular complexity index is 453. The summed E-state index contributed by atoms with van der Waals surface area (Å²) in [5, 5.41) is 16.7. The molecular formula is C15H22N2O3S. The van der Waals surface area contributed by atoms with Crippen molar-refractivity contribution in [1.29, 1.82) is 0 Å². The lowest BCUT2D eigenvalue weighted by Gasteiger charge is -2.26. The van der Waals surface area contributed by atoms with Gasteiger partial charge in [-0.05, 0) is 49.5 Å². The van der Waals surface area contributed by atoms with E-state index in [1.165, 1.54) is 4.88 Å². The minimum absolute atomic E-state index is 0.132. The average molecular weight is 310 g/mol. The molecule has 0 saturated heterocycles. The van der Waals surface area contributed by atoms with Crippen molar-refractivity contribution < 1.29 is 14.7 Å². The van der Waals surface area contributed by atoms with Crippen LogP contribution in [0.1, 0.15) is 30.6 Å². The normalized spacial score (nSPS) is 21.7. The van der Waals surface area contributed by atoms with Gasteiger partial charge in [0.25, 0.3) is 0 Å². The molecule has 6 heteroatoms. The summed E-state index contributed by atoms with van der Waals surface area (Å²) < 4.78 is 0. The van der Waals surface area contributed by atoms with Gasteiger partial charge in [-0.3, -0.25) is 4.79 Å². The monoisotopic (exact) mass is 310 g/mol. The molecule has 116 valence electrons. The fourth-order valence-electron chi connectivity index (χ4n) is 2.67. The molecule has 0 radical (unpaired) electrons. The van der Waals surface area contributed by atoms with E-state index < -0.39 is 5.97 Å². The lowest BCUT2D eigenvalue weighted by molar-refractivity contribution is -0.143. The maximum Gasteiger partial charge on any atom is 0.314 e. The van der Waals surface area contributed by atoms with Crippen LogP contribution in [0.4, 0.5) is 4.79 Å². The topological polar surface area (TPSA) is 78.4 Å². The summed E-state index contributed by atoms with van der Waals surface area (Å²) in [6, 6.07) is 3.94. The maximum atomic E-state index is 11.7. The molecule has 2 rings (SSSR count). The van der Waals surface area contributed by atoms with Gasteiger partial charge in [0.15, 0.2) is 0 Å². The smallest absolute Gasteiger partial charge is 0.314 e. The lowest BCUT2D eigenvalue weighted by Crippen LogP contribution is -2.40. The lowest BCUT2D eigenvalue weighted by atomic mass is 9.82.